The van der Waals surface area contributed by atoms with E-state index in [1.54, 1.807) is 18.2 Å². The molecule has 3 aromatic rings. The van der Waals surface area contributed by atoms with Crippen LogP contribution < -0.4 is 14.9 Å². The normalized spacial score (nSPS) is 10.8. The van der Waals surface area contributed by atoms with Crippen LogP contribution in [-0.2, 0) is 6.61 Å². The van der Waals surface area contributed by atoms with E-state index in [-0.39, 0.29) is 10.7 Å². The lowest BCUT2D eigenvalue weighted by molar-refractivity contribution is 0.0955. The molecule has 0 aliphatic heterocycles. The second kappa shape index (κ2) is 11.3. The van der Waals surface area contributed by atoms with Crippen LogP contribution in [0.4, 0.5) is 0 Å². The summed E-state index contributed by atoms with van der Waals surface area (Å²) in [6, 6.07) is 14.7. The molecule has 160 valence electrons. The Balaban J connectivity index is 1.73. The van der Waals surface area contributed by atoms with E-state index < -0.39 is 5.91 Å². The van der Waals surface area contributed by atoms with E-state index >= 15 is 0 Å². The molecule has 31 heavy (non-hydrogen) atoms. The van der Waals surface area contributed by atoms with E-state index in [1.807, 2.05) is 37.3 Å². The molecule has 3 rings (SSSR count). The van der Waals surface area contributed by atoms with Crippen molar-refractivity contribution < 1.29 is 14.3 Å². The number of ether oxygens (including phenoxy) is 2. The van der Waals surface area contributed by atoms with Gasteiger partial charge in [0.15, 0.2) is 11.5 Å². The molecule has 0 aliphatic carbocycles. The molecule has 0 radical (unpaired) electrons. The number of pyridine rings is 1. The van der Waals surface area contributed by atoms with Crippen LogP contribution in [-0.4, -0.2) is 23.7 Å². The van der Waals surface area contributed by atoms with E-state index in [2.05, 4.69) is 47.4 Å². The Kier molecular flexibility index (Phi) is 8.45. The van der Waals surface area contributed by atoms with Crippen molar-refractivity contribution in [2.45, 2.75) is 13.5 Å². The van der Waals surface area contributed by atoms with E-state index in [0.717, 1.165) is 10.0 Å². The molecular weight excluding hydrogens is 550 g/mol. The number of hydrazone groups is 1. The Morgan fingerprint density at radius 1 is 1.19 bits per heavy atom. The van der Waals surface area contributed by atoms with Crippen molar-refractivity contribution in [2.75, 3.05) is 6.61 Å². The number of rotatable bonds is 8. The highest BCUT2D eigenvalue weighted by molar-refractivity contribution is 9.10. The summed E-state index contributed by atoms with van der Waals surface area (Å²) >= 11 is 12.9. The number of nitrogens with zero attached hydrogens (tertiary/aromatic N) is 2. The van der Waals surface area contributed by atoms with E-state index in [1.165, 1.54) is 12.4 Å². The lowest BCUT2D eigenvalue weighted by Crippen LogP contribution is -2.18. The van der Waals surface area contributed by atoms with Gasteiger partial charge in [0.25, 0.3) is 5.91 Å². The minimum absolute atomic E-state index is 0.115. The minimum atomic E-state index is -0.451. The van der Waals surface area contributed by atoms with Gasteiger partial charge in [0.2, 0.25) is 0 Å². The summed E-state index contributed by atoms with van der Waals surface area (Å²) in [6.45, 7) is 2.75. The Bertz CT molecular complexity index is 1090. The van der Waals surface area contributed by atoms with Crippen molar-refractivity contribution >= 4 is 55.6 Å². The molecule has 1 amide bonds. The maximum Gasteiger partial charge on any atom is 0.274 e. The van der Waals surface area contributed by atoms with Gasteiger partial charge in [-0.05, 0) is 70.4 Å². The van der Waals surface area contributed by atoms with Crippen LogP contribution in [0.1, 0.15) is 28.4 Å². The molecule has 9 heteroatoms. The predicted molar refractivity (Wildman–Crippen MR) is 128 cm³/mol. The molecule has 1 N–H and O–H groups in total. The number of amides is 1. The number of hydrogen-bond acceptors (Lipinski definition) is 5. The summed E-state index contributed by atoms with van der Waals surface area (Å²) < 4.78 is 13.4. The second-order valence-corrected chi connectivity index (χ2v) is 8.35. The van der Waals surface area contributed by atoms with Gasteiger partial charge in [-0.2, -0.15) is 5.10 Å². The van der Waals surface area contributed by atoms with Gasteiger partial charge in [-0.25, -0.2) is 10.4 Å². The number of hydrogen-bond donors (Lipinski definition) is 1. The van der Waals surface area contributed by atoms with Crippen LogP contribution in [0.2, 0.25) is 5.15 Å². The van der Waals surface area contributed by atoms with Gasteiger partial charge in [0, 0.05) is 10.7 Å². The van der Waals surface area contributed by atoms with Crippen molar-refractivity contribution in [3.63, 3.8) is 0 Å². The average Bonchev–Trinajstić information content (AvgIpc) is 2.75. The van der Waals surface area contributed by atoms with Gasteiger partial charge in [0.1, 0.15) is 11.8 Å². The van der Waals surface area contributed by atoms with Crippen LogP contribution in [0.25, 0.3) is 0 Å². The zero-order chi connectivity index (χ0) is 22.2. The molecule has 1 heterocycles. The smallest absolute Gasteiger partial charge is 0.274 e. The molecule has 0 aliphatic rings. The van der Waals surface area contributed by atoms with Crippen molar-refractivity contribution in [1.82, 2.24) is 10.4 Å². The fourth-order valence-corrected chi connectivity index (χ4v) is 3.63. The summed E-state index contributed by atoms with van der Waals surface area (Å²) in [7, 11) is 0. The first-order valence-corrected chi connectivity index (χ1v) is 11.2. The van der Waals surface area contributed by atoms with Crippen molar-refractivity contribution in [3.8, 4) is 11.5 Å². The number of carbonyl (C=O) groups is 1. The third kappa shape index (κ3) is 6.53. The van der Waals surface area contributed by atoms with Gasteiger partial charge in [-0.15, -0.1) is 0 Å². The predicted octanol–water partition coefficient (Wildman–Crippen LogP) is 6.00. The van der Waals surface area contributed by atoms with Crippen molar-refractivity contribution in [2.24, 2.45) is 5.10 Å². The highest BCUT2D eigenvalue weighted by atomic mass is 79.9. The van der Waals surface area contributed by atoms with Crippen molar-refractivity contribution in [3.05, 3.63) is 85.5 Å². The van der Waals surface area contributed by atoms with Crippen LogP contribution in [0.5, 0.6) is 11.5 Å². The van der Waals surface area contributed by atoms with Gasteiger partial charge < -0.3 is 9.47 Å². The first-order valence-electron chi connectivity index (χ1n) is 9.25. The molecule has 1 aromatic heterocycles. The maximum absolute atomic E-state index is 12.2. The number of carbonyl (C=O) groups excluding carboxylic acids is 1. The number of halogens is 3. The summed E-state index contributed by atoms with van der Waals surface area (Å²) in [5.41, 5.74) is 4.42. The van der Waals surface area contributed by atoms with Crippen LogP contribution in [0, 0.1) is 0 Å². The SMILES string of the molecule is CCOc1cc(C=NNC(=O)c2cccnc2Cl)cc(Br)c1OCc1ccc(Br)cc1. The van der Waals surface area contributed by atoms with E-state index in [9.17, 15) is 4.79 Å². The molecule has 0 atom stereocenters. The fourth-order valence-electron chi connectivity index (χ4n) is 2.58. The summed E-state index contributed by atoms with van der Waals surface area (Å²) in [6.07, 6.45) is 3.02. The molecule has 0 saturated heterocycles. The molecule has 0 unspecified atom stereocenters. The number of benzene rings is 2. The van der Waals surface area contributed by atoms with Gasteiger partial charge in [0.05, 0.1) is 22.9 Å². The third-order valence-electron chi connectivity index (χ3n) is 4.01. The highest BCUT2D eigenvalue weighted by Gasteiger charge is 2.13. The molecule has 0 bridgehead atoms. The Morgan fingerprint density at radius 3 is 2.68 bits per heavy atom. The molecule has 0 fully saturated rings. The first kappa shape index (κ1) is 23.2. The van der Waals surface area contributed by atoms with E-state index in [4.69, 9.17) is 21.1 Å². The lowest BCUT2D eigenvalue weighted by Gasteiger charge is -2.14. The zero-order valence-electron chi connectivity index (χ0n) is 16.4. The summed E-state index contributed by atoms with van der Waals surface area (Å²) in [5, 5.41) is 4.11. The van der Waals surface area contributed by atoms with Gasteiger partial charge in [-0.3, -0.25) is 4.79 Å². The minimum Gasteiger partial charge on any atom is -0.490 e. The molecule has 2 aromatic carbocycles. The Morgan fingerprint density at radius 2 is 1.97 bits per heavy atom. The molecule has 0 saturated carbocycles. The van der Waals surface area contributed by atoms with Gasteiger partial charge in [-0.1, -0.05) is 39.7 Å². The number of aromatic nitrogens is 1. The standard InChI is InChI=1S/C22H18Br2ClN3O3/c1-2-30-19-11-15(12-27-28-22(29)17-4-3-9-26-21(17)25)10-18(24)20(19)31-13-14-5-7-16(23)8-6-14/h3-12H,2,13H2,1H3,(H,28,29). The summed E-state index contributed by atoms with van der Waals surface area (Å²) in [4.78, 5) is 16.1. The molecular formula is C22H18Br2ClN3O3. The largest absolute Gasteiger partial charge is 0.490 e. The van der Waals surface area contributed by atoms with Gasteiger partial charge >= 0.3 is 0 Å². The lowest BCUT2D eigenvalue weighted by atomic mass is 10.2. The van der Waals surface area contributed by atoms with Crippen LogP contribution >= 0.6 is 43.5 Å². The average molecular weight is 568 g/mol. The monoisotopic (exact) mass is 565 g/mol. The van der Waals surface area contributed by atoms with Crippen LogP contribution in [0.15, 0.2) is 68.8 Å². The zero-order valence-corrected chi connectivity index (χ0v) is 20.4. The maximum atomic E-state index is 12.2. The van der Waals surface area contributed by atoms with Crippen molar-refractivity contribution in [1.29, 1.82) is 0 Å². The molecule has 6 nitrogen and oxygen atoms in total. The topological polar surface area (TPSA) is 72.8 Å². The quantitative estimate of drug-likeness (QED) is 0.206. The third-order valence-corrected chi connectivity index (χ3v) is 5.43. The first-order chi connectivity index (χ1) is 15.0. The highest BCUT2D eigenvalue weighted by Crippen LogP contribution is 2.37. The Hall–Kier alpha value is -2.42. The molecule has 0 spiro atoms. The second-order valence-electron chi connectivity index (χ2n) is 6.22. The number of nitrogens with one attached hydrogen (secondary N) is 1. The Labute approximate surface area is 201 Å². The summed E-state index contributed by atoms with van der Waals surface area (Å²) in [5.74, 6) is 0.707. The van der Waals surface area contributed by atoms with E-state index in [0.29, 0.717) is 34.7 Å². The van der Waals surface area contributed by atoms with Crippen LogP contribution in [0.3, 0.4) is 0 Å². The fraction of sp³-hybridized carbons (Fsp3) is 0.136.